The molecule has 20 heteroatoms. The van der Waals surface area contributed by atoms with E-state index in [4.69, 9.17) is 18.6 Å². The molecule has 0 saturated carbocycles. The number of hydrogen-bond donors (Lipinski definition) is 1. The fourth-order valence-electron chi connectivity index (χ4n) is 1.98. The van der Waals surface area contributed by atoms with E-state index in [9.17, 15) is 71.0 Å². The molecule has 0 fully saturated rings. The first-order valence-electron chi connectivity index (χ1n) is 7.95. The van der Waals surface area contributed by atoms with Gasteiger partial charge in [-0.1, -0.05) is 12.1 Å². The van der Waals surface area contributed by atoms with Crippen LogP contribution in [0.25, 0.3) is 0 Å². The number of aryl methyl sites for hydroxylation is 1. The van der Waals surface area contributed by atoms with Crippen LogP contribution < -0.4 is 0 Å². The van der Waals surface area contributed by atoms with E-state index in [2.05, 4.69) is 0 Å². The Morgan fingerprint density at radius 2 is 1.09 bits per heavy atom. The maximum absolute atomic E-state index is 13.6. The van der Waals surface area contributed by atoms with Crippen LogP contribution in [0.15, 0.2) is 23.2 Å². The van der Waals surface area contributed by atoms with Gasteiger partial charge in [0.15, 0.2) is 0 Å². The molecule has 1 aromatic carbocycles. The van der Waals surface area contributed by atoms with Gasteiger partial charge in [0.1, 0.15) is 5.75 Å². The second-order valence-electron chi connectivity index (χ2n) is 6.25. The second kappa shape index (κ2) is 10.7. The average molecular weight is 622 g/mol. The zero-order valence-corrected chi connectivity index (χ0v) is 19.2. The summed E-state index contributed by atoms with van der Waals surface area (Å²) in [7, 11) is 9.78. The Morgan fingerprint density at radius 1 is 0.714 bits per heavy atom. The van der Waals surface area contributed by atoms with E-state index < -0.39 is 76.4 Å². The third-order valence-corrected chi connectivity index (χ3v) is 3.95. The Kier molecular flexibility index (Phi) is 10.4. The molecule has 0 unspecified atom stereocenters. The van der Waals surface area contributed by atoms with Gasteiger partial charge in [0, 0.05) is 11.8 Å². The molecule has 0 spiro atoms. The van der Waals surface area contributed by atoms with Crippen LogP contribution in [0.4, 0.5) is 65.9 Å². The monoisotopic (exact) mass is 621 g/mol. The van der Waals surface area contributed by atoms with Crippen molar-refractivity contribution in [2.45, 2.75) is 48.8 Å². The Bertz CT molecular complexity index is 905. The molecule has 1 rings (SSSR count). The molecular weight excluding hydrogens is 614 g/mol. The summed E-state index contributed by atoms with van der Waals surface area (Å²) in [6.07, 6.45) is -8.12. The van der Waals surface area contributed by atoms with Crippen molar-refractivity contribution < 1.29 is 88.0 Å². The third-order valence-electron chi connectivity index (χ3n) is 3.95. The van der Waals surface area contributed by atoms with Crippen LogP contribution in [0.3, 0.4) is 0 Å². The van der Waals surface area contributed by atoms with Gasteiger partial charge in [0.2, 0.25) is 0 Å². The average Bonchev–Trinajstić information content (AvgIpc) is 2.68. The third kappa shape index (κ3) is 5.92. The minimum absolute atomic E-state index is 0.116. The van der Waals surface area contributed by atoms with Crippen LogP contribution in [-0.4, -0.2) is 53.2 Å². The van der Waals surface area contributed by atoms with Gasteiger partial charge in [-0.05, 0) is 18.6 Å². The quantitative estimate of drug-likeness (QED) is 0.143. The normalized spacial score (nSPS) is 14.6. The van der Waals surface area contributed by atoms with Gasteiger partial charge in [-0.25, -0.2) is 4.99 Å². The first-order chi connectivity index (χ1) is 15.3. The predicted octanol–water partition coefficient (Wildman–Crippen LogP) is 7.83. The number of para-hydroxylation sites is 1. The first kappa shape index (κ1) is 33.9. The molecule has 1 aromatic rings. The summed E-state index contributed by atoms with van der Waals surface area (Å²) in [6.45, 7) is 1.12. The summed E-state index contributed by atoms with van der Waals surface area (Å²) in [6, 6.07) is -3.99. The van der Waals surface area contributed by atoms with Crippen molar-refractivity contribution in [1.29, 1.82) is 0 Å². The van der Waals surface area contributed by atoms with Gasteiger partial charge in [0.05, 0.1) is 0 Å². The van der Waals surface area contributed by atoms with E-state index in [0.29, 0.717) is 6.07 Å². The molecule has 35 heavy (non-hydrogen) atoms. The van der Waals surface area contributed by atoms with Gasteiger partial charge in [-0.2, -0.15) is 65.9 Å². The molecular formula is C15H8Cl2F15NOTi. The Hall–Kier alpha value is -1.07. The summed E-state index contributed by atoms with van der Waals surface area (Å²) >= 11 is -0.556. The Morgan fingerprint density at radius 3 is 1.49 bits per heavy atom. The van der Waals surface area contributed by atoms with Crippen LogP contribution in [0.2, 0.25) is 0 Å². The molecule has 0 heterocycles. The van der Waals surface area contributed by atoms with E-state index in [-0.39, 0.29) is 5.56 Å². The van der Waals surface area contributed by atoms with E-state index in [1.54, 1.807) is 0 Å². The number of aromatic hydroxyl groups is 1. The van der Waals surface area contributed by atoms with Crippen molar-refractivity contribution in [3.63, 3.8) is 0 Å². The number of aliphatic imine (C=N–C) groups is 1. The van der Waals surface area contributed by atoms with Crippen LogP contribution in [-0.2, 0) is 17.0 Å². The van der Waals surface area contributed by atoms with Crippen molar-refractivity contribution in [2.75, 3.05) is 0 Å². The fourth-order valence-corrected chi connectivity index (χ4v) is 1.98. The molecule has 0 aliphatic heterocycles. The van der Waals surface area contributed by atoms with Gasteiger partial charge >= 0.3 is 77.5 Å². The maximum atomic E-state index is 13.6. The minimum atomic E-state index is -8.37. The second-order valence-corrected chi connectivity index (χ2v) is 8.83. The Labute approximate surface area is 201 Å². The van der Waals surface area contributed by atoms with E-state index >= 15 is 0 Å². The first-order valence-corrected chi connectivity index (χ1v) is 12.2. The SMILES string of the molecule is Cc1cccc(/C=N\C(F)(F)C(F)(F)C(F)(F)C(F)(F)C(F)(F)C(F)(F)C(F)(F)F)c1O.[Cl][Ti][Cl]. The zero-order valence-electron chi connectivity index (χ0n) is 16.1. The molecule has 0 bridgehead atoms. The summed E-state index contributed by atoms with van der Waals surface area (Å²) in [5, 5.41) is 9.48. The number of hydrogen-bond acceptors (Lipinski definition) is 2. The molecule has 0 aliphatic carbocycles. The number of rotatable bonds is 7. The summed E-state index contributed by atoms with van der Waals surface area (Å²) in [5.74, 6) is -41.6. The standard InChI is InChI=1S/C15H8F15NO.2ClH.Ti/c1-6-3-2-4-7(8(6)32)5-31-15(29,30)13(24,25)11(20,21)9(16,17)10(18,19)12(22,23)14(26,27)28;;;/h2-5,32H,1H3;2*1H;/q;;;+2/p-2/b31-5-;;;. The van der Waals surface area contributed by atoms with E-state index in [0.717, 1.165) is 19.1 Å². The number of alkyl halides is 15. The fraction of sp³-hybridized carbons (Fsp3) is 0.533. The van der Waals surface area contributed by atoms with Gasteiger partial charge in [-0.15, -0.1) is 0 Å². The molecule has 0 atom stereocenters. The van der Waals surface area contributed by atoms with Gasteiger partial charge in [0.25, 0.3) is 0 Å². The van der Waals surface area contributed by atoms with E-state index in [1.807, 2.05) is 0 Å². The van der Waals surface area contributed by atoms with Gasteiger partial charge < -0.3 is 5.11 Å². The summed E-state index contributed by atoms with van der Waals surface area (Å²) in [5.41, 5.74) is -1.00. The van der Waals surface area contributed by atoms with Crippen molar-refractivity contribution in [3.8, 4) is 5.75 Å². The van der Waals surface area contributed by atoms with Crippen molar-refractivity contribution in [1.82, 2.24) is 0 Å². The number of benzene rings is 1. The van der Waals surface area contributed by atoms with Crippen molar-refractivity contribution >= 4 is 24.8 Å². The zero-order chi connectivity index (χ0) is 28.5. The van der Waals surface area contributed by atoms with Crippen LogP contribution >= 0.6 is 18.6 Å². The number of nitrogens with zero attached hydrogens (tertiary/aromatic N) is 1. The van der Waals surface area contributed by atoms with Crippen LogP contribution in [0.1, 0.15) is 11.1 Å². The molecule has 0 aromatic heterocycles. The number of halogens is 17. The van der Waals surface area contributed by atoms with Crippen LogP contribution in [0, 0.1) is 6.92 Å². The van der Waals surface area contributed by atoms with Crippen molar-refractivity contribution in [3.05, 3.63) is 29.3 Å². The molecule has 2 nitrogen and oxygen atoms in total. The molecule has 202 valence electrons. The Balaban J connectivity index is 0.00000365. The molecule has 0 saturated heterocycles. The summed E-state index contributed by atoms with van der Waals surface area (Å²) < 4.78 is 195. The number of phenolic OH excluding ortho intramolecular Hbond substituents is 1. The predicted molar refractivity (Wildman–Crippen MR) is 87.9 cm³/mol. The molecule has 0 radical (unpaired) electrons. The number of phenols is 1. The molecule has 1 N–H and O–H groups in total. The molecule has 0 amide bonds. The molecule has 0 aliphatic rings. The van der Waals surface area contributed by atoms with E-state index in [1.165, 1.54) is 4.99 Å². The van der Waals surface area contributed by atoms with Gasteiger partial charge in [-0.3, -0.25) is 0 Å². The van der Waals surface area contributed by atoms with Crippen molar-refractivity contribution in [2.24, 2.45) is 4.99 Å². The summed E-state index contributed by atoms with van der Waals surface area (Å²) in [4.78, 5) is 1.54. The van der Waals surface area contributed by atoms with Crippen LogP contribution in [0.5, 0.6) is 5.75 Å². The topological polar surface area (TPSA) is 32.6 Å².